The van der Waals surface area contributed by atoms with Crippen LogP contribution in [0, 0.1) is 18.3 Å². The minimum Gasteiger partial charge on any atom is -0.372 e. The van der Waals surface area contributed by atoms with Crippen molar-refractivity contribution in [3.05, 3.63) is 81.3 Å². The summed E-state index contributed by atoms with van der Waals surface area (Å²) < 4.78 is 7.31. The average molecular weight is 472 g/mol. The van der Waals surface area contributed by atoms with Crippen LogP contribution in [-0.4, -0.2) is 47.1 Å². The first-order valence-corrected chi connectivity index (χ1v) is 11.7. The Morgan fingerprint density at radius 3 is 2.60 bits per heavy atom. The molecule has 1 aliphatic heterocycles. The van der Waals surface area contributed by atoms with Crippen molar-refractivity contribution in [2.24, 2.45) is 0 Å². The summed E-state index contributed by atoms with van der Waals surface area (Å²) in [4.78, 5) is 33.2. The number of hydrogen-bond donors (Lipinski definition) is 1. The summed E-state index contributed by atoms with van der Waals surface area (Å²) in [5.74, 6) is -0.0667. The molecule has 180 valence electrons. The topological polar surface area (TPSA) is 99.7 Å². The smallest absolute Gasteiger partial charge is 0.267 e. The summed E-state index contributed by atoms with van der Waals surface area (Å²) in [5.41, 5.74) is 2.23. The van der Waals surface area contributed by atoms with Gasteiger partial charge in [0.05, 0.1) is 17.8 Å². The molecule has 8 heteroatoms. The van der Waals surface area contributed by atoms with Gasteiger partial charge in [-0.2, -0.15) is 5.26 Å². The summed E-state index contributed by atoms with van der Waals surface area (Å²) in [6.45, 7) is 7.31. The van der Waals surface area contributed by atoms with Gasteiger partial charge in [0.2, 0.25) is 0 Å². The molecule has 3 aromatic rings. The highest BCUT2D eigenvalue weighted by molar-refractivity contribution is 6.02. The molecule has 35 heavy (non-hydrogen) atoms. The van der Waals surface area contributed by atoms with Gasteiger partial charge in [-0.05, 0) is 50.5 Å². The number of nitrogens with one attached hydrogen (secondary N) is 1. The zero-order valence-corrected chi connectivity index (χ0v) is 20.2. The molecule has 0 spiro atoms. The third kappa shape index (κ3) is 5.42. The summed E-state index contributed by atoms with van der Waals surface area (Å²) in [5, 5.41) is 12.6. The van der Waals surface area contributed by atoms with E-state index in [1.165, 1.54) is 10.5 Å². The molecule has 2 aromatic heterocycles. The van der Waals surface area contributed by atoms with Crippen molar-refractivity contribution in [1.82, 2.24) is 14.7 Å². The highest BCUT2D eigenvalue weighted by atomic mass is 16.5. The Balaban J connectivity index is 1.71. The van der Waals surface area contributed by atoms with E-state index in [0.717, 1.165) is 11.1 Å². The fourth-order valence-corrected chi connectivity index (χ4v) is 4.37. The summed E-state index contributed by atoms with van der Waals surface area (Å²) in [6, 6.07) is 15.4. The lowest BCUT2D eigenvalue weighted by Gasteiger charge is -2.36. The van der Waals surface area contributed by atoms with Crippen LogP contribution in [0.2, 0.25) is 0 Å². The minimum atomic E-state index is -0.521. The van der Waals surface area contributed by atoms with Crippen LogP contribution in [0.25, 0.3) is 11.7 Å². The van der Waals surface area contributed by atoms with Gasteiger partial charge < -0.3 is 15.0 Å². The fraction of sp³-hybridized carbons (Fsp3) is 0.333. The molecule has 0 radical (unpaired) electrons. The van der Waals surface area contributed by atoms with Crippen LogP contribution in [0.5, 0.6) is 0 Å². The van der Waals surface area contributed by atoms with Crippen molar-refractivity contribution in [3.63, 3.8) is 0 Å². The molecule has 1 aliphatic rings. The standard InChI is InChI=1S/C27H29N5O3/c1-18-8-7-13-32-24(18)30-25(31-16-19(2)35-20(3)17-31)23(27(32)34)14-22(15-28)26(33)29-12-11-21-9-5-4-6-10-21/h4-10,13-14,19-20H,11-12,16-17H2,1-3H3,(H,29,33)/b22-14+. The van der Waals surface area contributed by atoms with Crippen LogP contribution < -0.4 is 15.8 Å². The Kier molecular flexibility index (Phi) is 7.28. The maximum Gasteiger partial charge on any atom is 0.267 e. The van der Waals surface area contributed by atoms with E-state index in [1.54, 1.807) is 12.3 Å². The van der Waals surface area contributed by atoms with E-state index >= 15 is 0 Å². The molecule has 0 aliphatic carbocycles. The normalized spacial score (nSPS) is 18.3. The molecule has 8 nitrogen and oxygen atoms in total. The highest BCUT2D eigenvalue weighted by Gasteiger charge is 2.27. The number of aromatic nitrogens is 2. The molecule has 0 saturated carbocycles. The van der Waals surface area contributed by atoms with Crippen LogP contribution in [0.3, 0.4) is 0 Å². The number of nitrogens with zero attached hydrogens (tertiary/aromatic N) is 4. The van der Waals surface area contributed by atoms with Crippen LogP contribution in [0.15, 0.2) is 59.0 Å². The molecule has 0 bridgehead atoms. The summed E-state index contributed by atoms with van der Waals surface area (Å²) >= 11 is 0. The third-order valence-corrected chi connectivity index (χ3v) is 5.98. The average Bonchev–Trinajstić information content (AvgIpc) is 2.84. The van der Waals surface area contributed by atoms with Gasteiger partial charge in [-0.3, -0.25) is 14.0 Å². The van der Waals surface area contributed by atoms with Gasteiger partial charge in [-0.25, -0.2) is 4.98 Å². The second-order valence-electron chi connectivity index (χ2n) is 8.86. The Morgan fingerprint density at radius 2 is 1.91 bits per heavy atom. The number of nitriles is 1. The molecule has 1 amide bonds. The van der Waals surface area contributed by atoms with E-state index in [1.807, 2.05) is 68.1 Å². The van der Waals surface area contributed by atoms with E-state index < -0.39 is 5.91 Å². The van der Waals surface area contributed by atoms with Crippen molar-refractivity contribution in [2.45, 2.75) is 39.4 Å². The van der Waals surface area contributed by atoms with Gasteiger partial charge in [0, 0.05) is 25.8 Å². The number of rotatable bonds is 6. The number of amides is 1. The maximum absolute atomic E-state index is 13.6. The molecule has 4 rings (SSSR count). The molecule has 1 aromatic carbocycles. The van der Waals surface area contributed by atoms with Crippen LogP contribution in [-0.2, 0) is 16.0 Å². The number of morpholine rings is 1. The van der Waals surface area contributed by atoms with Gasteiger partial charge >= 0.3 is 0 Å². The number of ether oxygens (including phenoxy) is 1. The van der Waals surface area contributed by atoms with Gasteiger partial charge in [-0.1, -0.05) is 36.4 Å². The zero-order chi connectivity index (χ0) is 24.9. The first-order chi connectivity index (χ1) is 16.9. The lowest BCUT2D eigenvalue weighted by Crippen LogP contribution is -2.46. The van der Waals surface area contributed by atoms with Crippen molar-refractivity contribution >= 4 is 23.4 Å². The Labute approximate surface area is 204 Å². The lowest BCUT2D eigenvalue weighted by atomic mass is 10.1. The van der Waals surface area contributed by atoms with Crippen molar-refractivity contribution in [2.75, 3.05) is 24.5 Å². The number of carbonyl (C=O) groups is 1. The molecule has 1 fully saturated rings. The van der Waals surface area contributed by atoms with Crippen LogP contribution in [0.4, 0.5) is 5.82 Å². The van der Waals surface area contributed by atoms with E-state index in [0.29, 0.717) is 37.5 Å². The number of aryl methyl sites for hydroxylation is 1. The third-order valence-electron chi connectivity index (χ3n) is 5.98. The van der Waals surface area contributed by atoms with Gasteiger partial charge in [0.25, 0.3) is 11.5 Å². The first-order valence-electron chi connectivity index (χ1n) is 11.7. The summed E-state index contributed by atoms with van der Waals surface area (Å²) in [7, 11) is 0. The molecular weight excluding hydrogens is 442 g/mol. The molecule has 1 saturated heterocycles. The minimum absolute atomic E-state index is 0.0515. The number of carbonyl (C=O) groups excluding carboxylic acids is 1. The lowest BCUT2D eigenvalue weighted by molar-refractivity contribution is -0.117. The number of benzene rings is 1. The van der Waals surface area contributed by atoms with Crippen molar-refractivity contribution < 1.29 is 9.53 Å². The molecule has 2 unspecified atom stereocenters. The SMILES string of the molecule is Cc1cccn2c(=O)c(/C=C(\C#N)C(=O)NCCc3ccccc3)c(N3CC(C)OC(C)C3)nc12. The van der Waals surface area contributed by atoms with E-state index in [2.05, 4.69) is 5.32 Å². The summed E-state index contributed by atoms with van der Waals surface area (Å²) in [6.07, 6.45) is 3.55. The zero-order valence-electron chi connectivity index (χ0n) is 20.2. The van der Waals surface area contributed by atoms with Gasteiger partial charge in [0.15, 0.2) is 0 Å². The predicted octanol–water partition coefficient (Wildman–Crippen LogP) is 2.88. The predicted molar refractivity (Wildman–Crippen MR) is 135 cm³/mol. The fourth-order valence-electron chi connectivity index (χ4n) is 4.37. The quantitative estimate of drug-likeness (QED) is 0.438. The second-order valence-corrected chi connectivity index (χ2v) is 8.86. The second kappa shape index (κ2) is 10.5. The van der Waals surface area contributed by atoms with E-state index in [-0.39, 0.29) is 28.9 Å². The first kappa shape index (κ1) is 24.2. The van der Waals surface area contributed by atoms with Crippen LogP contribution >= 0.6 is 0 Å². The number of pyridine rings is 1. The molecule has 1 N–H and O–H groups in total. The van der Waals surface area contributed by atoms with Crippen molar-refractivity contribution in [3.8, 4) is 6.07 Å². The van der Waals surface area contributed by atoms with E-state index in [9.17, 15) is 14.9 Å². The van der Waals surface area contributed by atoms with Gasteiger partial charge in [0.1, 0.15) is 23.1 Å². The maximum atomic E-state index is 13.6. The van der Waals surface area contributed by atoms with Gasteiger partial charge in [-0.15, -0.1) is 0 Å². The van der Waals surface area contributed by atoms with E-state index in [4.69, 9.17) is 9.72 Å². The Morgan fingerprint density at radius 1 is 1.20 bits per heavy atom. The number of fused-ring (bicyclic) bond motifs is 1. The Hall–Kier alpha value is -3.96. The monoisotopic (exact) mass is 471 g/mol. The van der Waals surface area contributed by atoms with Crippen LogP contribution in [0.1, 0.15) is 30.5 Å². The van der Waals surface area contributed by atoms with Crippen molar-refractivity contribution in [1.29, 1.82) is 5.26 Å². The molecule has 2 atom stereocenters. The molecular formula is C27H29N5O3. The molecule has 3 heterocycles. The number of hydrogen-bond acceptors (Lipinski definition) is 6. The largest absolute Gasteiger partial charge is 0.372 e. The Bertz CT molecular complexity index is 1350. The number of anilines is 1. The highest BCUT2D eigenvalue weighted by Crippen LogP contribution is 2.24.